The molecular formula is C28H35FO8. The summed E-state index contributed by atoms with van der Waals surface area (Å²) >= 11 is 0. The number of hydrogen-bond acceptors (Lipinski definition) is 8. The summed E-state index contributed by atoms with van der Waals surface area (Å²) in [6, 6.07) is 7.52. The third-order valence-corrected chi connectivity index (χ3v) is 5.33. The van der Waals surface area contributed by atoms with E-state index in [0.29, 0.717) is 22.4 Å². The number of hydrogen-bond donors (Lipinski definition) is 3. The highest BCUT2D eigenvalue weighted by molar-refractivity contribution is 5.96. The van der Waals surface area contributed by atoms with Gasteiger partial charge in [-0.15, -0.1) is 0 Å². The normalized spacial score (nSPS) is 12.1. The lowest BCUT2D eigenvalue weighted by atomic mass is 9.88. The standard InChI is InChI=1S/C28H35FO8/c1-4-35-26(34)16-22(33)15-21(32)9-10-23-24(18(2)3)17-25(36-13-11-30)28(37-14-12-31)27(23)19-5-7-20(29)8-6-19/h5-10,17-18,21,30-32H,4,11-16H2,1-3H3/b10-9+. The lowest BCUT2D eigenvalue weighted by molar-refractivity contribution is -0.145. The number of esters is 1. The zero-order valence-electron chi connectivity index (χ0n) is 21.4. The summed E-state index contributed by atoms with van der Waals surface area (Å²) in [5.74, 6) is -0.929. The summed E-state index contributed by atoms with van der Waals surface area (Å²) < 4.78 is 30.1. The average molecular weight is 519 g/mol. The van der Waals surface area contributed by atoms with Crippen molar-refractivity contribution in [2.45, 2.75) is 45.6 Å². The molecule has 8 nitrogen and oxygen atoms in total. The molecule has 37 heavy (non-hydrogen) atoms. The van der Waals surface area contributed by atoms with E-state index in [1.807, 2.05) is 13.8 Å². The molecule has 0 saturated heterocycles. The summed E-state index contributed by atoms with van der Waals surface area (Å²) in [6.45, 7) is 5.21. The first kappa shape index (κ1) is 30.0. The summed E-state index contributed by atoms with van der Waals surface area (Å²) in [4.78, 5) is 23.7. The van der Waals surface area contributed by atoms with E-state index in [1.54, 1.807) is 31.2 Å². The Labute approximate surface area is 216 Å². The van der Waals surface area contributed by atoms with E-state index in [9.17, 15) is 29.3 Å². The van der Waals surface area contributed by atoms with Crippen LogP contribution in [0.4, 0.5) is 4.39 Å². The van der Waals surface area contributed by atoms with Crippen molar-refractivity contribution in [2.24, 2.45) is 0 Å². The second kappa shape index (κ2) is 15.1. The maximum absolute atomic E-state index is 13.7. The van der Waals surface area contributed by atoms with Crippen molar-refractivity contribution in [3.63, 3.8) is 0 Å². The number of aliphatic hydroxyl groups excluding tert-OH is 3. The number of halogens is 1. The zero-order valence-corrected chi connectivity index (χ0v) is 21.4. The molecule has 0 bridgehead atoms. The minimum Gasteiger partial charge on any atom is -0.487 e. The maximum Gasteiger partial charge on any atom is 0.313 e. The van der Waals surface area contributed by atoms with E-state index >= 15 is 0 Å². The SMILES string of the molecule is CCOC(=O)CC(=O)CC(O)/C=C/c1c(C(C)C)cc(OCCO)c(OCCO)c1-c1ccc(F)cc1. The number of ketones is 1. The molecule has 1 atom stereocenters. The number of rotatable bonds is 15. The van der Waals surface area contributed by atoms with Gasteiger partial charge in [-0.05, 0) is 47.7 Å². The molecular weight excluding hydrogens is 483 g/mol. The molecule has 2 aromatic rings. The van der Waals surface area contributed by atoms with Crippen LogP contribution in [0.5, 0.6) is 11.5 Å². The number of carbonyl (C=O) groups excluding carboxylic acids is 2. The molecule has 0 aromatic heterocycles. The molecule has 0 heterocycles. The predicted octanol–water partition coefficient (Wildman–Crippen LogP) is 3.64. The van der Waals surface area contributed by atoms with Crippen molar-refractivity contribution in [2.75, 3.05) is 33.0 Å². The van der Waals surface area contributed by atoms with Crippen LogP contribution in [0, 0.1) is 5.82 Å². The zero-order chi connectivity index (χ0) is 27.4. The van der Waals surface area contributed by atoms with Gasteiger partial charge in [-0.1, -0.05) is 38.1 Å². The number of aliphatic hydroxyl groups is 3. The molecule has 0 aliphatic heterocycles. The van der Waals surface area contributed by atoms with Crippen LogP contribution in [0.25, 0.3) is 17.2 Å². The minimum absolute atomic E-state index is 0.00630. The van der Waals surface area contributed by atoms with E-state index in [-0.39, 0.29) is 51.1 Å². The third-order valence-electron chi connectivity index (χ3n) is 5.33. The Morgan fingerprint density at radius 2 is 1.70 bits per heavy atom. The topological polar surface area (TPSA) is 123 Å². The molecule has 0 aliphatic carbocycles. The molecule has 202 valence electrons. The number of Topliss-reactive ketones (excluding diaryl/α,β-unsaturated/α-hetero) is 1. The molecule has 9 heteroatoms. The smallest absolute Gasteiger partial charge is 0.313 e. The number of carbonyl (C=O) groups is 2. The van der Waals surface area contributed by atoms with Crippen LogP contribution in [0.2, 0.25) is 0 Å². The van der Waals surface area contributed by atoms with Crippen LogP contribution >= 0.6 is 0 Å². The molecule has 3 N–H and O–H groups in total. The van der Waals surface area contributed by atoms with Gasteiger partial charge < -0.3 is 29.5 Å². The Kier molecular flexibility index (Phi) is 12.2. The van der Waals surface area contributed by atoms with Gasteiger partial charge in [0.2, 0.25) is 0 Å². The molecule has 2 aromatic carbocycles. The Hall–Kier alpha value is -3.27. The molecule has 2 rings (SSSR count). The van der Waals surface area contributed by atoms with Crippen molar-refractivity contribution >= 4 is 17.8 Å². The molecule has 0 aliphatic rings. The fraction of sp³-hybridized carbons (Fsp3) is 0.429. The summed E-state index contributed by atoms with van der Waals surface area (Å²) in [7, 11) is 0. The summed E-state index contributed by atoms with van der Waals surface area (Å²) in [5, 5.41) is 29.2. The largest absolute Gasteiger partial charge is 0.487 e. The molecule has 0 fully saturated rings. The summed E-state index contributed by atoms with van der Waals surface area (Å²) in [5.41, 5.74) is 2.58. The van der Waals surface area contributed by atoms with E-state index in [2.05, 4.69) is 0 Å². The second-order valence-electron chi connectivity index (χ2n) is 8.54. The molecule has 0 amide bonds. The van der Waals surface area contributed by atoms with E-state index < -0.39 is 30.1 Å². The fourth-order valence-electron chi connectivity index (χ4n) is 3.74. The highest BCUT2D eigenvalue weighted by Gasteiger charge is 2.23. The molecule has 0 spiro atoms. The predicted molar refractivity (Wildman–Crippen MR) is 137 cm³/mol. The average Bonchev–Trinajstić information content (AvgIpc) is 2.85. The highest BCUT2D eigenvalue weighted by Crippen LogP contribution is 2.45. The number of ether oxygens (including phenoxy) is 3. The van der Waals surface area contributed by atoms with E-state index in [0.717, 1.165) is 5.56 Å². The monoisotopic (exact) mass is 518 g/mol. The van der Waals surface area contributed by atoms with Gasteiger partial charge in [-0.3, -0.25) is 9.59 Å². The van der Waals surface area contributed by atoms with E-state index in [4.69, 9.17) is 14.2 Å². The fourth-order valence-corrected chi connectivity index (χ4v) is 3.74. The molecule has 0 saturated carbocycles. The van der Waals surface area contributed by atoms with Gasteiger partial charge in [0.15, 0.2) is 11.5 Å². The first-order valence-electron chi connectivity index (χ1n) is 12.2. The first-order valence-corrected chi connectivity index (χ1v) is 12.2. The van der Waals surface area contributed by atoms with Crippen LogP contribution in [0.3, 0.4) is 0 Å². The van der Waals surface area contributed by atoms with Crippen LogP contribution in [-0.4, -0.2) is 66.2 Å². The van der Waals surface area contributed by atoms with Gasteiger partial charge >= 0.3 is 5.97 Å². The van der Waals surface area contributed by atoms with Gasteiger partial charge in [0.25, 0.3) is 0 Å². The highest BCUT2D eigenvalue weighted by atomic mass is 19.1. The van der Waals surface area contributed by atoms with Gasteiger partial charge in [-0.2, -0.15) is 0 Å². The van der Waals surface area contributed by atoms with Crippen LogP contribution < -0.4 is 9.47 Å². The van der Waals surface area contributed by atoms with Crippen molar-refractivity contribution in [1.29, 1.82) is 0 Å². The number of benzene rings is 2. The minimum atomic E-state index is -1.17. The summed E-state index contributed by atoms with van der Waals surface area (Å²) in [6.07, 6.45) is 1.23. The van der Waals surface area contributed by atoms with Crippen molar-refractivity contribution in [1.82, 2.24) is 0 Å². The van der Waals surface area contributed by atoms with Crippen LogP contribution in [0.15, 0.2) is 36.4 Å². The van der Waals surface area contributed by atoms with Gasteiger partial charge in [0, 0.05) is 12.0 Å². The van der Waals surface area contributed by atoms with Gasteiger partial charge in [0.1, 0.15) is 31.2 Å². The second-order valence-corrected chi connectivity index (χ2v) is 8.54. The van der Waals surface area contributed by atoms with Crippen molar-refractivity contribution in [3.05, 3.63) is 53.4 Å². The quantitative estimate of drug-likeness (QED) is 0.241. The van der Waals surface area contributed by atoms with Crippen LogP contribution in [-0.2, 0) is 14.3 Å². The Morgan fingerprint density at radius 3 is 2.30 bits per heavy atom. The molecule has 1 unspecified atom stereocenters. The van der Waals surface area contributed by atoms with Gasteiger partial charge in [0.05, 0.1) is 25.9 Å². The third kappa shape index (κ3) is 8.96. The van der Waals surface area contributed by atoms with Crippen molar-refractivity contribution in [3.8, 4) is 22.6 Å². The van der Waals surface area contributed by atoms with Crippen LogP contribution in [0.1, 0.15) is 50.7 Å². The van der Waals surface area contributed by atoms with E-state index in [1.165, 1.54) is 18.2 Å². The Balaban J connectivity index is 2.60. The van der Waals surface area contributed by atoms with Crippen molar-refractivity contribution < 1.29 is 43.5 Å². The molecule has 0 radical (unpaired) electrons. The lowest BCUT2D eigenvalue weighted by Crippen LogP contribution is -2.16. The van der Waals surface area contributed by atoms with Gasteiger partial charge in [-0.25, -0.2) is 4.39 Å². The first-order chi connectivity index (χ1) is 17.7. The Bertz CT molecular complexity index is 1060. The lowest BCUT2D eigenvalue weighted by Gasteiger charge is -2.23. The maximum atomic E-state index is 13.7. The Morgan fingerprint density at radius 1 is 1.05 bits per heavy atom.